The van der Waals surface area contributed by atoms with E-state index in [0.717, 1.165) is 24.5 Å². The predicted molar refractivity (Wildman–Crippen MR) is 83.9 cm³/mol. The van der Waals surface area contributed by atoms with Crippen LogP contribution in [0.25, 0.3) is 11.4 Å². The summed E-state index contributed by atoms with van der Waals surface area (Å²) in [6, 6.07) is 3.84. The average Bonchev–Trinajstić information content (AvgIpc) is 2.96. The fraction of sp³-hybridized carbons (Fsp3) is 0.500. The standard InChI is InChI=1S/C14H16N4O.2ClH/c1-2-10(9-16-5-1)12-17-13(19-18-12)11-8-14(11)3-6-15-7-4-14;;/h1-2,5,9,11,15H,3-4,6-8H2;2*1H. The van der Waals surface area contributed by atoms with Gasteiger partial charge in [-0.3, -0.25) is 4.98 Å². The average molecular weight is 329 g/mol. The van der Waals surface area contributed by atoms with Crippen molar-refractivity contribution in [1.29, 1.82) is 0 Å². The number of piperidine rings is 1. The first kappa shape index (κ1) is 16.2. The molecule has 0 aromatic carbocycles. The van der Waals surface area contributed by atoms with Gasteiger partial charge in [0.15, 0.2) is 0 Å². The SMILES string of the molecule is Cl.Cl.c1cncc(-c2noc(C3CC34CCNCC4)n2)c1. The van der Waals surface area contributed by atoms with Crippen LogP contribution in [-0.2, 0) is 0 Å². The first-order chi connectivity index (χ1) is 9.37. The highest BCUT2D eigenvalue weighted by Crippen LogP contribution is 2.63. The van der Waals surface area contributed by atoms with Crippen molar-refractivity contribution in [2.75, 3.05) is 13.1 Å². The third-order valence-electron chi connectivity index (χ3n) is 4.45. The lowest BCUT2D eigenvalue weighted by atomic mass is 9.92. The summed E-state index contributed by atoms with van der Waals surface area (Å²) in [5.41, 5.74) is 1.35. The van der Waals surface area contributed by atoms with Crippen LogP contribution in [0.4, 0.5) is 0 Å². The molecule has 114 valence electrons. The van der Waals surface area contributed by atoms with Gasteiger partial charge in [-0.2, -0.15) is 4.98 Å². The second-order valence-corrected chi connectivity index (χ2v) is 5.57. The highest BCUT2D eigenvalue weighted by atomic mass is 35.5. The van der Waals surface area contributed by atoms with Crippen molar-refractivity contribution in [2.45, 2.75) is 25.2 Å². The van der Waals surface area contributed by atoms with E-state index in [1.54, 1.807) is 12.4 Å². The Kier molecular flexibility index (Phi) is 4.86. The largest absolute Gasteiger partial charge is 0.339 e. The molecule has 4 rings (SSSR count). The molecule has 1 aliphatic carbocycles. The van der Waals surface area contributed by atoms with Crippen LogP contribution >= 0.6 is 24.8 Å². The number of hydrogen-bond donors (Lipinski definition) is 1. The van der Waals surface area contributed by atoms with Crippen molar-refractivity contribution in [3.05, 3.63) is 30.4 Å². The molecule has 1 N–H and O–H groups in total. The van der Waals surface area contributed by atoms with Gasteiger partial charge in [-0.25, -0.2) is 0 Å². The molecule has 7 heteroatoms. The van der Waals surface area contributed by atoms with Gasteiger partial charge in [0.05, 0.1) is 0 Å². The Bertz CT molecular complexity index is 584. The normalized spacial score (nSPS) is 22.2. The van der Waals surface area contributed by atoms with Gasteiger partial charge in [0, 0.05) is 23.9 Å². The summed E-state index contributed by atoms with van der Waals surface area (Å²) in [5, 5.41) is 7.49. The Morgan fingerprint density at radius 3 is 2.76 bits per heavy atom. The van der Waals surface area contributed by atoms with Crippen LogP contribution in [0.5, 0.6) is 0 Å². The Morgan fingerprint density at radius 1 is 1.24 bits per heavy atom. The highest BCUT2D eigenvalue weighted by molar-refractivity contribution is 5.85. The minimum absolute atomic E-state index is 0. The van der Waals surface area contributed by atoms with E-state index >= 15 is 0 Å². The van der Waals surface area contributed by atoms with Crippen molar-refractivity contribution in [2.24, 2.45) is 5.41 Å². The zero-order valence-corrected chi connectivity index (χ0v) is 13.1. The van der Waals surface area contributed by atoms with Crippen molar-refractivity contribution in [3.8, 4) is 11.4 Å². The third kappa shape index (κ3) is 2.91. The molecule has 2 aliphatic rings. The van der Waals surface area contributed by atoms with Gasteiger partial charge in [-0.05, 0) is 49.9 Å². The monoisotopic (exact) mass is 328 g/mol. The second-order valence-electron chi connectivity index (χ2n) is 5.57. The van der Waals surface area contributed by atoms with E-state index in [4.69, 9.17) is 4.52 Å². The molecule has 1 atom stereocenters. The van der Waals surface area contributed by atoms with Crippen molar-refractivity contribution >= 4 is 24.8 Å². The van der Waals surface area contributed by atoms with E-state index in [0.29, 0.717) is 17.2 Å². The van der Waals surface area contributed by atoms with Gasteiger partial charge in [0.2, 0.25) is 11.7 Å². The fourth-order valence-electron chi connectivity index (χ4n) is 3.16. The van der Waals surface area contributed by atoms with Crippen LogP contribution in [0.3, 0.4) is 0 Å². The van der Waals surface area contributed by atoms with Crippen LogP contribution in [0.2, 0.25) is 0 Å². The molecule has 0 bridgehead atoms. The van der Waals surface area contributed by atoms with Gasteiger partial charge >= 0.3 is 0 Å². The number of halogens is 2. The molecule has 1 saturated carbocycles. The zero-order chi connectivity index (χ0) is 12.7. The van der Waals surface area contributed by atoms with E-state index in [1.165, 1.54) is 19.3 Å². The lowest BCUT2D eigenvalue weighted by Crippen LogP contribution is -2.29. The lowest BCUT2D eigenvalue weighted by Gasteiger charge is -2.22. The van der Waals surface area contributed by atoms with E-state index in [1.807, 2.05) is 12.1 Å². The summed E-state index contributed by atoms with van der Waals surface area (Å²) in [6.07, 6.45) is 7.16. The van der Waals surface area contributed by atoms with Gasteiger partial charge in [0.25, 0.3) is 0 Å². The number of nitrogens with one attached hydrogen (secondary N) is 1. The van der Waals surface area contributed by atoms with Crippen LogP contribution < -0.4 is 5.32 Å². The van der Waals surface area contributed by atoms with Crippen molar-refractivity contribution in [1.82, 2.24) is 20.4 Å². The Labute approximate surface area is 135 Å². The number of pyridine rings is 1. The van der Waals surface area contributed by atoms with Crippen LogP contribution in [0.15, 0.2) is 29.0 Å². The number of hydrogen-bond acceptors (Lipinski definition) is 5. The van der Waals surface area contributed by atoms with Crippen molar-refractivity contribution < 1.29 is 4.52 Å². The van der Waals surface area contributed by atoms with Gasteiger partial charge in [0.1, 0.15) is 0 Å². The summed E-state index contributed by atoms with van der Waals surface area (Å²) in [6.45, 7) is 2.22. The summed E-state index contributed by atoms with van der Waals surface area (Å²) in [4.78, 5) is 8.64. The molecule has 0 radical (unpaired) electrons. The molecule has 3 heterocycles. The fourth-order valence-corrected chi connectivity index (χ4v) is 3.16. The van der Waals surface area contributed by atoms with E-state index in [2.05, 4.69) is 20.4 Å². The molecule has 2 fully saturated rings. The molecule has 1 aliphatic heterocycles. The predicted octanol–water partition coefficient (Wildman–Crippen LogP) is 2.83. The van der Waals surface area contributed by atoms with Crippen LogP contribution in [0.1, 0.15) is 31.1 Å². The molecule has 1 spiro atoms. The topological polar surface area (TPSA) is 63.8 Å². The molecule has 0 amide bonds. The third-order valence-corrected chi connectivity index (χ3v) is 4.45. The summed E-state index contributed by atoms with van der Waals surface area (Å²) in [7, 11) is 0. The minimum atomic E-state index is 0. The summed E-state index contributed by atoms with van der Waals surface area (Å²) < 4.78 is 5.46. The van der Waals surface area contributed by atoms with Gasteiger partial charge in [-0.15, -0.1) is 24.8 Å². The summed E-state index contributed by atoms with van der Waals surface area (Å²) >= 11 is 0. The van der Waals surface area contributed by atoms with Crippen molar-refractivity contribution in [3.63, 3.8) is 0 Å². The molecular formula is C14H18Cl2N4O. The highest BCUT2D eigenvalue weighted by Gasteiger charge is 2.57. The van der Waals surface area contributed by atoms with E-state index in [9.17, 15) is 0 Å². The lowest BCUT2D eigenvalue weighted by molar-refractivity contribution is 0.311. The zero-order valence-electron chi connectivity index (χ0n) is 11.5. The smallest absolute Gasteiger partial charge is 0.230 e. The van der Waals surface area contributed by atoms with Gasteiger partial charge in [-0.1, -0.05) is 5.16 Å². The quantitative estimate of drug-likeness (QED) is 0.918. The summed E-state index contributed by atoms with van der Waals surface area (Å²) in [5.74, 6) is 1.92. The number of nitrogens with zero attached hydrogens (tertiary/aromatic N) is 3. The first-order valence-electron chi connectivity index (χ1n) is 6.82. The molecule has 5 nitrogen and oxygen atoms in total. The number of aromatic nitrogens is 3. The maximum absolute atomic E-state index is 5.46. The molecular weight excluding hydrogens is 311 g/mol. The van der Waals surface area contributed by atoms with Crippen LogP contribution in [-0.4, -0.2) is 28.2 Å². The Morgan fingerprint density at radius 2 is 2.05 bits per heavy atom. The minimum Gasteiger partial charge on any atom is -0.339 e. The molecule has 2 aromatic rings. The Hall–Kier alpha value is -1.17. The molecule has 1 unspecified atom stereocenters. The first-order valence-corrected chi connectivity index (χ1v) is 6.82. The van der Waals surface area contributed by atoms with E-state index in [-0.39, 0.29) is 24.8 Å². The maximum Gasteiger partial charge on any atom is 0.230 e. The van der Waals surface area contributed by atoms with E-state index < -0.39 is 0 Å². The Balaban J connectivity index is 0.000000807. The molecule has 2 aromatic heterocycles. The molecule has 21 heavy (non-hydrogen) atoms. The van der Waals surface area contributed by atoms with Gasteiger partial charge < -0.3 is 9.84 Å². The molecule has 1 saturated heterocycles. The number of rotatable bonds is 2. The van der Waals surface area contributed by atoms with Crippen LogP contribution in [0, 0.1) is 5.41 Å². The second kappa shape index (κ2) is 6.30. The maximum atomic E-state index is 5.46.